The van der Waals surface area contributed by atoms with E-state index in [4.69, 9.17) is 14.2 Å². The molecule has 0 N–H and O–H groups in total. The average molecular weight is 487 g/mol. The van der Waals surface area contributed by atoms with Crippen LogP contribution in [0.3, 0.4) is 0 Å². The summed E-state index contributed by atoms with van der Waals surface area (Å²) in [6, 6.07) is 0. The molecule has 3 saturated carbocycles. The van der Waals surface area contributed by atoms with Crippen molar-refractivity contribution in [3.8, 4) is 0 Å². The smallest absolute Gasteiger partial charge is 0.305 e. The van der Waals surface area contributed by atoms with Crippen LogP contribution in [0.15, 0.2) is 11.6 Å². The number of ketones is 1. The van der Waals surface area contributed by atoms with E-state index in [9.17, 15) is 9.59 Å². The zero-order chi connectivity index (χ0) is 25.2. The Morgan fingerprint density at radius 1 is 1.06 bits per heavy atom. The molecule has 0 amide bonds. The maximum Gasteiger partial charge on any atom is 0.305 e. The maximum absolute atomic E-state index is 13.8. The van der Waals surface area contributed by atoms with Gasteiger partial charge in [0.05, 0.1) is 20.3 Å². The van der Waals surface area contributed by atoms with Gasteiger partial charge in [-0.1, -0.05) is 40.2 Å². The molecule has 0 unspecified atom stereocenters. The van der Waals surface area contributed by atoms with Gasteiger partial charge in [0, 0.05) is 30.6 Å². The van der Waals surface area contributed by atoms with E-state index in [2.05, 4.69) is 34.6 Å². The van der Waals surface area contributed by atoms with Crippen LogP contribution in [0.1, 0.15) is 92.4 Å². The van der Waals surface area contributed by atoms with Crippen LogP contribution in [0.4, 0.5) is 0 Å². The molecule has 5 nitrogen and oxygen atoms in total. The standard InChI is InChI=1S/C30H46O5/c1-19(7-10-25(32)33-6)21-8-9-22-26-23(11-12-29(21,22)5)28(4)13-14-30(16-20(28)15-24(26)31)34-17-27(2,3)18-35-30/h15,19,21-23,26H,7-14,16-18H2,1-6H3/t19-,21-,22+,23+,26+,28+,29-/m1/s1. The molecule has 0 bridgehead atoms. The predicted molar refractivity (Wildman–Crippen MR) is 134 cm³/mol. The van der Waals surface area contributed by atoms with Gasteiger partial charge in [-0.2, -0.15) is 0 Å². The Balaban J connectivity index is 1.35. The van der Waals surface area contributed by atoms with Gasteiger partial charge in [0.1, 0.15) is 0 Å². The molecule has 7 atom stereocenters. The van der Waals surface area contributed by atoms with Gasteiger partial charge in [-0.05, 0) is 79.1 Å². The van der Waals surface area contributed by atoms with Crippen molar-refractivity contribution >= 4 is 11.8 Å². The average Bonchev–Trinajstić information content (AvgIpc) is 3.17. The minimum Gasteiger partial charge on any atom is -0.469 e. The number of esters is 1. The molecule has 4 fully saturated rings. The molecule has 35 heavy (non-hydrogen) atoms. The maximum atomic E-state index is 13.8. The number of rotatable bonds is 4. The summed E-state index contributed by atoms with van der Waals surface area (Å²) < 4.78 is 17.6. The Kier molecular flexibility index (Phi) is 6.31. The van der Waals surface area contributed by atoms with E-state index >= 15 is 0 Å². The molecule has 196 valence electrons. The van der Waals surface area contributed by atoms with Crippen molar-refractivity contribution in [2.45, 2.75) is 98.2 Å². The van der Waals surface area contributed by atoms with E-state index in [0.29, 0.717) is 49.1 Å². The van der Waals surface area contributed by atoms with Crippen molar-refractivity contribution in [1.29, 1.82) is 0 Å². The van der Waals surface area contributed by atoms with Gasteiger partial charge >= 0.3 is 5.97 Å². The summed E-state index contributed by atoms with van der Waals surface area (Å²) in [5.41, 5.74) is 1.58. The van der Waals surface area contributed by atoms with Crippen molar-refractivity contribution < 1.29 is 23.8 Å². The van der Waals surface area contributed by atoms with Crippen LogP contribution in [0, 0.1) is 45.8 Å². The van der Waals surface area contributed by atoms with E-state index in [-0.39, 0.29) is 28.1 Å². The molecular weight excluding hydrogens is 440 g/mol. The number of carbonyl (C=O) groups is 2. The summed E-state index contributed by atoms with van der Waals surface area (Å²) in [5.74, 6) is 1.77. The lowest BCUT2D eigenvalue weighted by molar-refractivity contribution is -0.310. The van der Waals surface area contributed by atoms with Crippen LogP contribution >= 0.6 is 0 Å². The van der Waals surface area contributed by atoms with Gasteiger partial charge in [0.15, 0.2) is 11.6 Å². The zero-order valence-corrected chi connectivity index (χ0v) is 22.8. The van der Waals surface area contributed by atoms with Crippen LogP contribution in [0.5, 0.6) is 0 Å². The van der Waals surface area contributed by atoms with Crippen molar-refractivity contribution in [3.63, 3.8) is 0 Å². The lowest BCUT2D eigenvalue weighted by Crippen LogP contribution is -2.57. The molecule has 5 heteroatoms. The van der Waals surface area contributed by atoms with Crippen LogP contribution in [0.2, 0.25) is 0 Å². The number of ether oxygens (including phenoxy) is 3. The van der Waals surface area contributed by atoms with E-state index in [1.807, 2.05) is 6.08 Å². The molecule has 5 rings (SSSR count). The second-order valence-corrected chi connectivity index (χ2v) is 13.9. The number of fused-ring (bicyclic) bond motifs is 5. The fourth-order valence-electron chi connectivity index (χ4n) is 8.96. The number of carbonyl (C=O) groups excluding carboxylic acids is 2. The van der Waals surface area contributed by atoms with Gasteiger partial charge < -0.3 is 14.2 Å². The highest BCUT2D eigenvalue weighted by Crippen LogP contribution is 2.67. The van der Waals surface area contributed by atoms with Crippen molar-refractivity contribution in [2.75, 3.05) is 20.3 Å². The third-order valence-corrected chi connectivity index (χ3v) is 11.2. The van der Waals surface area contributed by atoms with E-state index < -0.39 is 5.79 Å². The summed E-state index contributed by atoms with van der Waals surface area (Å²) in [6.45, 7) is 13.0. The molecule has 0 aromatic carbocycles. The number of methoxy groups -OCH3 is 1. The minimum atomic E-state index is -0.537. The summed E-state index contributed by atoms with van der Waals surface area (Å²) in [7, 11) is 1.47. The number of hydrogen-bond donors (Lipinski definition) is 0. The summed E-state index contributed by atoms with van der Waals surface area (Å²) in [4.78, 5) is 25.5. The quantitative estimate of drug-likeness (QED) is 0.449. The highest BCUT2D eigenvalue weighted by atomic mass is 16.7. The molecular formula is C30H46O5. The Morgan fingerprint density at radius 3 is 2.46 bits per heavy atom. The van der Waals surface area contributed by atoms with Gasteiger partial charge in [0.25, 0.3) is 0 Å². The second kappa shape index (κ2) is 8.68. The van der Waals surface area contributed by atoms with Crippen molar-refractivity contribution in [2.24, 2.45) is 45.8 Å². The number of allylic oxidation sites excluding steroid dienone is 1. The highest BCUT2D eigenvalue weighted by Gasteiger charge is 2.62. The van der Waals surface area contributed by atoms with E-state index in [1.165, 1.54) is 25.5 Å². The molecule has 1 spiro atoms. The molecule has 0 aromatic rings. The lowest BCUT2D eigenvalue weighted by atomic mass is 9.46. The Morgan fingerprint density at radius 2 is 1.77 bits per heavy atom. The third-order valence-electron chi connectivity index (χ3n) is 11.2. The van der Waals surface area contributed by atoms with Crippen LogP contribution in [0.25, 0.3) is 0 Å². The first-order valence-electron chi connectivity index (χ1n) is 14.0. The highest BCUT2D eigenvalue weighted by molar-refractivity contribution is 5.94. The van der Waals surface area contributed by atoms with E-state index in [1.54, 1.807) is 0 Å². The monoisotopic (exact) mass is 486 g/mol. The largest absolute Gasteiger partial charge is 0.469 e. The molecule has 1 heterocycles. The topological polar surface area (TPSA) is 61.8 Å². The normalized spacial score (nSPS) is 42.5. The summed E-state index contributed by atoms with van der Waals surface area (Å²) in [6.07, 6.45) is 10.7. The molecule has 0 aromatic heterocycles. The zero-order valence-electron chi connectivity index (χ0n) is 22.8. The summed E-state index contributed by atoms with van der Waals surface area (Å²) >= 11 is 0. The molecule has 5 aliphatic rings. The second-order valence-electron chi connectivity index (χ2n) is 13.9. The van der Waals surface area contributed by atoms with Crippen LogP contribution in [-0.4, -0.2) is 37.9 Å². The Hall–Kier alpha value is -1.20. The molecule has 1 aliphatic heterocycles. The lowest BCUT2D eigenvalue weighted by Gasteiger charge is -2.59. The number of hydrogen-bond acceptors (Lipinski definition) is 5. The summed E-state index contributed by atoms with van der Waals surface area (Å²) in [5, 5.41) is 0. The van der Waals surface area contributed by atoms with Gasteiger partial charge in [-0.25, -0.2) is 0 Å². The van der Waals surface area contributed by atoms with Crippen molar-refractivity contribution in [1.82, 2.24) is 0 Å². The van der Waals surface area contributed by atoms with Crippen molar-refractivity contribution in [3.05, 3.63) is 11.6 Å². The first-order chi connectivity index (χ1) is 16.4. The Labute approximate surface area is 211 Å². The molecule has 1 saturated heterocycles. The first-order valence-corrected chi connectivity index (χ1v) is 14.0. The van der Waals surface area contributed by atoms with Crippen LogP contribution < -0.4 is 0 Å². The fraction of sp³-hybridized carbons (Fsp3) is 0.867. The Bertz CT molecular complexity index is 894. The van der Waals surface area contributed by atoms with Gasteiger partial charge in [-0.15, -0.1) is 0 Å². The SMILES string of the molecule is COC(=O)CC[C@@H](C)[C@H]1CC[C@H]2[C@@H]3C(=O)C=C4CC5(CC[C@]4(C)[C@H]3CC[C@]12C)OCC(C)(C)CO5. The van der Waals surface area contributed by atoms with Gasteiger partial charge in [0.2, 0.25) is 0 Å². The molecule has 4 aliphatic carbocycles. The molecule has 0 radical (unpaired) electrons. The van der Waals surface area contributed by atoms with Gasteiger partial charge in [-0.3, -0.25) is 9.59 Å². The van der Waals surface area contributed by atoms with E-state index in [0.717, 1.165) is 38.5 Å². The predicted octanol–water partition coefficient (Wildman–Crippen LogP) is 6.10. The van der Waals surface area contributed by atoms with Crippen LogP contribution in [-0.2, 0) is 23.8 Å². The third kappa shape index (κ3) is 4.13. The minimum absolute atomic E-state index is 0.0503. The fourth-order valence-corrected chi connectivity index (χ4v) is 8.96. The first kappa shape index (κ1) is 25.4.